The molecule has 2 aromatic rings. The SMILES string of the molecule is NS(=O)(=O)c1ccc(S(=O)(=O)N2CCC(N3CCc4ccccc4C3)C2)cc1. The lowest BCUT2D eigenvalue weighted by Gasteiger charge is -2.33. The number of fused-ring (bicyclic) bond motifs is 1. The molecule has 2 aliphatic rings. The summed E-state index contributed by atoms with van der Waals surface area (Å²) in [6.07, 6.45) is 1.77. The van der Waals surface area contributed by atoms with E-state index in [9.17, 15) is 16.8 Å². The number of hydrogen-bond donors (Lipinski definition) is 1. The zero-order chi connectivity index (χ0) is 19.9. The molecular weight excluding hydrogens is 398 g/mol. The summed E-state index contributed by atoms with van der Waals surface area (Å²) in [5.74, 6) is 0. The third-order valence-corrected chi connectivity index (χ3v) is 8.40. The molecule has 150 valence electrons. The Morgan fingerprint density at radius 2 is 1.50 bits per heavy atom. The van der Waals surface area contributed by atoms with Crippen LogP contribution in [0.5, 0.6) is 0 Å². The highest BCUT2D eigenvalue weighted by atomic mass is 32.2. The molecule has 2 N–H and O–H groups in total. The average molecular weight is 422 g/mol. The van der Waals surface area contributed by atoms with Gasteiger partial charge in [0.15, 0.2) is 0 Å². The van der Waals surface area contributed by atoms with Crippen LogP contribution in [0.2, 0.25) is 0 Å². The van der Waals surface area contributed by atoms with E-state index in [1.807, 2.05) is 6.07 Å². The lowest BCUT2D eigenvalue weighted by atomic mass is 9.98. The lowest BCUT2D eigenvalue weighted by Crippen LogP contribution is -2.41. The van der Waals surface area contributed by atoms with Crippen molar-refractivity contribution in [2.24, 2.45) is 5.14 Å². The minimum Gasteiger partial charge on any atom is -0.294 e. The first-order valence-electron chi connectivity index (χ1n) is 9.19. The van der Waals surface area contributed by atoms with Crippen molar-refractivity contribution in [3.05, 3.63) is 59.7 Å². The van der Waals surface area contributed by atoms with Crippen molar-refractivity contribution in [1.29, 1.82) is 0 Å². The topological polar surface area (TPSA) is 101 Å². The van der Waals surface area contributed by atoms with Crippen LogP contribution in [-0.2, 0) is 33.0 Å². The molecule has 28 heavy (non-hydrogen) atoms. The number of rotatable bonds is 4. The standard InChI is InChI=1S/C19H23N3O4S2/c20-27(23,24)18-5-7-19(8-6-18)28(25,26)22-12-10-17(14-22)21-11-9-15-3-1-2-4-16(15)13-21/h1-8,17H,9-14H2,(H2,20,23,24). The molecule has 0 aromatic heterocycles. The molecule has 4 rings (SSSR count). The molecule has 2 aliphatic heterocycles. The van der Waals surface area contributed by atoms with Crippen LogP contribution in [0.1, 0.15) is 17.5 Å². The van der Waals surface area contributed by atoms with E-state index < -0.39 is 20.0 Å². The summed E-state index contributed by atoms with van der Waals surface area (Å²) in [6.45, 7) is 2.68. The number of sulfonamides is 2. The first-order valence-corrected chi connectivity index (χ1v) is 12.2. The van der Waals surface area contributed by atoms with Gasteiger partial charge >= 0.3 is 0 Å². The average Bonchev–Trinajstić information content (AvgIpc) is 3.18. The largest absolute Gasteiger partial charge is 0.294 e. The van der Waals surface area contributed by atoms with Gasteiger partial charge in [0.25, 0.3) is 0 Å². The quantitative estimate of drug-likeness (QED) is 0.798. The highest BCUT2D eigenvalue weighted by Crippen LogP contribution is 2.28. The van der Waals surface area contributed by atoms with Gasteiger partial charge in [-0.05, 0) is 48.2 Å². The molecule has 9 heteroatoms. The molecule has 1 atom stereocenters. The van der Waals surface area contributed by atoms with Crippen LogP contribution in [0, 0.1) is 0 Å². The second-order valence-corrected chi connectivity index (χ2v) is 10.8. The Kier molecular flexibility index (Phi) is 5.05. The second kappa shape index (κ2) is 7.23. The van der Waals surface area contributed by atoms with E-state index in [0.29, 0.717) is 13.1 Å². The highest BCUT2D eigenvalue weighted by molar-refractivity contribution is 7.89. The Hall–Kier alpha value is -1.78. The van der Waals surface area contributed by atoms with Crippen molar-refractivity contribution in [1.82, 2.24) is 9.21 Å². The minimum absolute atomic E-state index is 0.0875. The van der Waals surface area contributed by atoms with Gasteiger partial charge in [-0.15, -0.1) is 0 Å². The molecule has 2 aromatic carbocycles. The first kappa shape index (κ1) is 19.5. The van der Waals surface area contributed by atoms with E-state index in [4.69, 9.17) is 5.14 Å². The fourth-order valence-corrected chi connectivity index (χ4v) is 6.01. The summed E-state index contributed by atoms with van der Waals surface area (Å²) in [7, 11) is -7.51. The molecule has 0 saturated carbocycles. The zero-order valence-corrected chi connectivity index (χ0v) is 17.0. The van der Waals surface area contributed by atoms with Gasteiger partial charge in [-0.1, -0.05) is 24.3 Å². The molecule has 7 nitrogen and oxygen atoms in total. The Morgan fingerprint density at radius 1 is 0.857 bits per heavy atom. The van der Waals surface area contributed by atoms with E-state index >= 15 is 0 Å². The van der Waals surface area contributed by atoms with Crippen LogP contribution in [0.25, 0.3) is 0 Å². The summed E-state index contributed by atoms with van der Waals surface area (Å²) in [6, 6.07) is 13.7. The minimum atomic E-state index is -3.85. The molecule has 1 unspecified atom stereocenters. The Labute approximate surface area is 165 Å². The summed E-state index contributed by atoms with van der Waals surface area (Å²) in [5, 5.41) is 5.08. The Morgan fingerprint density at radius 3 is 2.18 bits per heavy atom. The normalized spacial score (nSPS) is 21.5. The third-order valence-electron chi connectivity index (χ3n) is 5.59. The van der Waals surface area contributed by atoms with E-state index in [0.717, 1.165) is 25.9 Å². The molecular formula is C19H23N3O4S2. The Balaban J connectivity index is 1.48. The number of nitrogens with zero attached hydrogens (tertiary/aromatic N) is 2. The van der Waals surface area contributed by atoms with Crippen LogP contribution in [0.4, 0.5) is 0 Å². The lowest BCUT2D eigenvalue weighted by molar-refractivity contribution is 0.185. The molecule has 0 bridgehead atoms. The van der Waals surface area contributed by atoms with E-state index in [2.05, 4.69) is 23.1 Å². The van der Waals surface area contributed by atoms with Crippen LogP contribution >= 0.6 is 0 Å². The third kappa shape index (κ3) is 3.72. The second-order valence-electron chi connectivity index (χ2n) is 7.31. The number of hydrogen-bond acceptors (Lipinski definition) is 5. The van der Waals surface area contributed by atoms with E-state index in [1.165, 1.54) is 39.7 Å². The summed E-state index contributed by atoms with van der Waals surface area (Å²) in [4.78, 5) is 2.35. The Bertz CT molecular complexity index is 1080. The van der Waals surface area contributed by atoms with Gasteiger partial charge < -0.3 is 0 Å². The molecule has 0 aliphatic carbocycles. The zero-order valence-electron chi connectivity index (χ0n) is 15.4. The maximum Gasteiger partial charge on any atom is 0.243 e. The van der Waals surface area contributed by atoms with Crippen molar-refractivity contribution in [2.75, 3.05) is 19.6 Å². The first-order chi connectivity index (χ1) is 13.2. The van der Waals surface area contributed by atoms with Crippen LogP contribution in [-0.4, -0.2) is 51.7 Å². The van der Waals surface area contributed by atoms with Crippen molar-refractivity contribution in [3.63, 3.8) is 0 Å². The maximum absolute atomic E-state index is 12.9. The summed E-state index contributed by atoms with van der Waals surface area (Å²) in [5.41, 5.74) is 2.69. The number of primary sulfonamides is 1. The van der Waals surface area contributed by atoms with Crippen molar-refractivity contribution >= 4 is 20.0 Å². The monoisotopic (exact) mass is 421 g/mol. The predicted octanol–water partition coefficient (Wildman–Crippen LogP) is 1.16. The van der Waals surface area contributed by atoms with Gasteiger partial charge in [-0.3, -0.25) is 4.90 Å². The van der Waals surface area contributed by atoms with Crippen molar-refractivity contribution in [2.45, 2.75) is 35.2 Å². The fourth-order valence-electron chi connectivity index (χ4n) is 4.01. The van der Waals surface area contributed by atoms with Crippen molar-refractivity contribution < 1.29 is 16.8 Å². The fraction of sp³-hybridized carbons (Fsp3) is 0.368. The van der Waals surface area contributed by atoms with Crippen LogP contribution in [0.15, 0.2) is 58.3 Å². The number of nitrogens with two attached hydrogens (primary N) is 1. The predicted molar refractivity (Wildman–Crippen MR) is 106 cm³/mol. The van der Waals surface area contributed by atoms with Gasteiger partial charge in [0.05, 0.1) is 9.79 Å². The molecule has 2 heterocycles. The van der Waals surface area contributed by atoms with E-state index in [-0.39, 0.29) is 15.8 Å². The number of benzene rings is 2. The van der Waals surface area contributed by atoms with Gasteiger partial charge in [0.1, 0.15) is 0 Å². The van der Waals surface area contributed by atoms with Gasteiger partial charge in [-0.25, -0.2) is 22.0 Å². The summed E-state index contributed by atoms with van der Waals surface area (Å²) < 4.78 is 50.1. The smallest absolute Gasteiger partial charge is 0.243 e. The molecule has 1 fully saturated rings. The van der Waals surface area contributed by atoms with E-state index in [1.54, 1.807) is 0 Å². The molecule has 1 saturated heterocycles. The van der Waals surface area contributed by atoms with Gasteiger partial charge in [-0.2, -0.15) is 4.31 Å². The van der Waals surface area contributed by atoms with Crippen LogP contribution < -0.4 is 5.14 Å². The summed E-state index contributed by atoms with van der Waals surface area (Å²) >= 11 is 0. The van der Waals surface area contributed by atoms with Crippen LogP contribution in [0.3, 0.4) is 0 Å². The highest BCUT2D eigenvalue weighted by Gasteiger charge is 2.36. The molecule has 0 radical (unpaired) electrons. The molecule has 0 spiro atoms. The van der Waals surface area contributed by atoms with Crippen molar-refractivity contribution in [3.8, 4) is 0 Å². The van der Waals surface area contributed by atoms with Gasteiger partial charge in [0, 0.05) is 32.2 Å². The maximum atomic E-state index is 12.9. The van der Waals surface area contributed by atoms with Gasteiger partial charge in [0.2, 0.25) is 20.0 Å². The molecule has 0 amide bonds.